The molecule has 1 N–H and O–H groups in total. The molecule has 4 rings (SSSR count). The second kappa shape index (κ2) is 8.28. The summed E-state index contributed by atoms with van der Waals surface area (Å²) in [5, 5.41) is 3.35. The summed E-state index contributed by atoms with van der Waals surface area (Å²) >= 11 is 5.93. The van der Waals surface area contributed by atoms with E-state index < -0.39 is 6.03 Å². The van der Waals surface area contributed by atoms with Crippen molar-refractivity contribution in [3.8, 4) is 0 Å². The molecule has 2 heterocycles. The number of nitrogens with zero attached hydrogens (tertiary/aromatic N) is 2. The summed E-state index contributed by atoms with van der Waals surface area (Å²) in [6, 6.07) is 13.4. The fourth-order valence-electron chi connectivity index (χ4n) is 5.19. The molecule has 0 radical (unpaired) electrons. The number of anilines is 1. The van der Waals surface area contributed by atoms with Crippen LogP contribution in [0.2, 0.25) is 5.02 Å². The Balaban J connectivity index is 1.61. The van der Waals surface area contributed by atoms with Crippen LogP contribution in [0.1, 0.15) is 63.6 Å². The van der Waals surface area contributed by atoms with Crippen LogP contribution >= 0.6 is 11.6 Å². The number of hydrogen-bond acceptors (Lipinski definition) is 3. The molecular weight excluding hydrogens is 422 g/mol. The summed E-state index contributed by atoms with van der Waals surface area (Å²) in [4.78, 5) is 29.1. The summed E-state index contributed by atoms with van der Waals surface area (Å²) in [7, 11) is 0. The Bertz CT molecular complexity index is 1090. The van der Waals surface area contributed by atoms with Crippen LogP contribution in [0.25, 0.3) is 6.08 Å². The Morgan fingerprint density at radius 2 is 1.84 bits per heavy atom. The number of carbonyl (C=O) groups is 2. The minimum absolute atomic E-state index is 0.0815. The molecule has 2 aliphatic heterocycles. The number of urea groups is 1. The maximum absolute atomic E-state index is 12.9. The number of amides is 3. The summed E-state index contributed by atoms with van der Waals surface area (Å²) in [6.07, 6.45) is 2.83. The third kappa shape index (κ3) is 4.14. The van der Waals surface area contributed by atoms with E-state index in [1.807, 2.05) is 18.2 Å². The molecule has 0 saturated carbocycles. The van der Waals surface area contributed by atoms with Crippen molar-refractivity contribution in [3.63, 3.8) is 0 Å². The van der Waals surface area contributed by atoms with Crippen LogP contribution in [0.3, 0.4) is 0 Å². The maximum atomic E-state index is 12.9. The number of fused-ring (bicyclic) bond motifs is 1. The topological polar surface area (TPSA) is 52.7 Å². The predicted octanol–water partition coefficient (Wildman–Crippen LogP) is 5.93. The lowest BCUT2D eigenvalue weighted by Gasteiger charge is -2.50. The second-order valence-corrected chi connectivity index (χ2v) is 10.1. The summed E-state index contributed by atoms with van der Waals surface area (Å²) in [6.45, 7) is 11.5. The molecule has 6 heteroatoms. The van der Waals surface area contributed by atoms with Crippen molar-refractivity contribution in [2.45, 2.75) is 65.1 Å². The Labute approximate surface area is 195 Å². The maximum Gasteiger partial charge on any atom is 0.329 e. The molecule has 2 aromatic carbocycles. The Kier molecular flexibility index (Phi) is 5.80. The van der Waals surface area contributed by atoms with Gasteiger partial charge in [-0.2, -0.15) is 0 Å². The van der Waals surface area contributed by atoms with Gasteiger partial charge in [0.15, 0.2) is 0 Å². The zero-order valence-corrected chi connectivity index (χ0v) is 20.0. The lowest BCUT2D eigenvalue weighted by molar-refractivity contribution is -0.123. The van der Waals surface area contributed by atoms with E-state index in [1.165, 1.54) is 16.2 Å². The first-order chi connectivity index (χ1) is 15.1. The number of halogens is 1. The summed E-state index contributed by atoms with van der Waals surface area (Å²) < 4.78 is 0. The minimum Gasteiger partial charge on any atom is -0.364 e. The molecule has 2 aliphatic rings. The van der Waals surface area contributed by atoms with Gasteiger partial charge in [0, 0.05) is 22.3 Å². The Morgan fingerprint density at radius 1 is 1.16 bits per heavy atom. The van der Waals surface area contributed by atoms with Crippen LogP contribution in [0.4, 0.5) is 10.5 Å². The Hall–Kier alpha value is -2.79. The van der Waals surface area contributed by atoms with Gasteiger partial charge in [-0.05, 0) is 87.1 Å². The molecule has 168 valence electrons. The van der Waals surface area contributed by atoms with Crippen molar-refractivity contribution < 1.29 is 9.59 Å². The zero-order chi connectivity index (χ0) is 23.2. The molecule has 2 aromatic rings. The van der Waals surface area contributed by atoms with Gasteiger partial charge in [-0.25, -0.2) is 4.79 Å². The van der Waals surface area contributed by atoms with Gasteiger partial charge in [-0.15, -0.1) is 0 Å². The van der Waals surface area contributed by atoms with Crippen molar-refractivity contribution in [3.05, 3.63) is 69.9 Å². The SMILES string of the molecule is CC(C)N1c2ccc(/C=C3\NC(=O)N(Cc4ccc(Cl)cc4)C3=O)cc2[C@H](C)CC1(C)C. The summed E-state index contributed by atoms with van der Waals surface area (Å²) in [5.41, 5.74) is 4.67. The van der Waals surface area contributed by atoms with Crippen molar-refractivity contribution in [2.75, 3.05) is 4.90 Å². The van der Waals surface area contributed by atoms with Gasteiger partial charge in [0.2, 0.25) is 0 Å². The standard InChI is InChI=1S/C26H30ClN3O2/c1-16(2)30-23-11-8-19(12-21(23)17(3)14-26(30,4)5)13-22-24(31)29(25(32)28-22)15-18-6-9-20(27)10-7-18/h6-13,16-17H,14-15H2,1-5H3,(H,28,32)/b22-13-/t17-/m1/s1. The fourth-order valence-corrected chi connectivity index (χ4v) is 5.32. The monoisotopic (exact) mass is 451 g/mol. The smallest absolute Gasteiger partial charge is 0.329 e. The van der Waals surface area contributed by atoms with Gasteiger partial charge >= 0.3 is 6.03 Å². The van der Waals surface area contributed by atoms with Gasteiger partial charge in [0.1, 0.15) is 5.70 Å². The van der Waals surface area contributed by atoms with Gasteiger partial charge in [-0.1, -0.05) is 36.7 Å². The van der Waals surface area contributed by atoms with Gasteiger partial charge in [0.25, 0.3) is 5.91 Å². The molecule has 1 atom stereocenters. The van der Waals surface area contributed by atoms with Gasteiger partial charge < -0.3 is 10.2 Å². The average Bonchev–Trinajstić information content (AvgIpc) is 2.96. The van der Waals surface area contributed by atoms with Crippen LogP contribution in [-0.4, -0.2) is 28.4 Å². The first-order valence-electron chi connectivity index (χ1n) is 11.1. The number of rotatable bonds is 4. The molecule has 0 unspecified atom stereocenters. The number of carbonyl (C=O) groups excluding carboxylic acids is 2. The summed E-state index contributed by atoms with van der Waals surface area (Å²) in [5.74, 6) is 0.0873. The highest BCUT2D eigenvalue weighted by Gasteiger charge is 2.38. The highest BCUT2D eigenvalue weighted by atomic mass is 35.5. The third-order valence-corrected chi connectivity index (χ3v) is 6.60. The van der Waals surface area contributed by atoms with Crippen LogP contribution < -0.4 is 10.2 Å². The van der Waals surface area contributed by atoms with E-state index in [9.17, 15) is 9.59 Å². The highest BCUT2D eigenvalue weighted by molar-refractivity contribution is 6.30. The van der Waals surface area contributed by atoms with E-state index in [-0.39, 0.29) is 18.0 Å². The molecular formula is C26H30ClN3O2. The largest absolute Gasteiger partial charge is 0.364 e. The molecule has 0 aliphatic carbocycles. The van der Waals surface area contributed by atoms with Crippen LogP contribution in [0.5, 0.6) is 0 Å². The van der Waals surface area contributed by atoms with Crippen molar-refractivity contribution in [2.24, 2.45) is 0 Å². The van der Waals surface area contributed by atoms with Crippen LogP contribution in [-0.2, 0) is 11.3 Å². The van der Waals surface area contributed by atoms with Crippen molar-refractivity contribution >= 4 is 35.3 Å². The van der Waals surface area contributed by atoms with E-state index in [2.05, 4.69) is 57.0 Å². The highest BCUT2D eigenvalue weighted by Crippen LogP contribution is 2.44. The molecule has 0 aromatic heterocycles. The van der Waals surface area contributed by atoms with Crippen molar-refractivity contribution in [1.29, 1.82) is 0 Å². The van der Waals surface area contributed by atoms with E-state index >= 15 is 0 Å². The van der Waals surface area contributed by atoms with Crippen LogP contribution in [0.15, 0.2) is 48.2 Å². The van der Waals surface area contributed by atoms with Gasteiger partial charge in [-0.3, -0.25) is 9.69 Å². The van der Waals surface area contributed by atoms with E-state index in [4.69, 9.17) is 11.6 Å². The first kappa shape index (κ1) is 22.4. The quantitative estimate of drug-likeness (QED) is 0.462. The predicted molar refractivity (Wildman–Crippen MR) is 130 cm³/mol. The number of benzene rings is 2. The van der Waals surface area contributed by atoms with E-state index in [0.717, 1.165) is 17.5 Å². The molecule has 1 fully saturated rings. The molecule has 1 saturated heterocycles. The normalized spacial score (nSPS) is 21.3. The fraction of sp³-hybridized carbons (Fsp3) is 0.385. The number of hydrogen-bond donors (Lipinski definition) is 1. The lowest BCUT2D eigenvalue weighted by Crippen LogP contribution is -2.51. The van der Waals surface area contributed by atoms with Gasteiger partial charge in [0.05, 0.1) is 6.54 Å². The van der Waals surface area contributed by atoms with Crippen molar-refractivity contribution in [1.82, 2.24) is 10.2 Å². The number of nitrogens with one attached hydrogen (secondary N) is 1. The molecule has 5 nitrogen and oxygen atoms in total. The molecule has 0 spiro atoms. The molecule has 0 bridgehead atoms. The second-order valence-electron chi connectivity index (χ2n) is 9.71. The lowest BCUT2D eigenvalue weighted by atomic mass is 9.79. The first-order valence-corrected chi connectivity index (χ1v) is 11.5. The zero-order valence-electron chi connectivity index (χ0n) is 19.3. The third-order valence-electron chi connectivity index (χ3n) is 6.34. The van der Waals surface area contributed by atoms with Crippen LogP contribution in [0, 0.1) is 0 Å². The number of imide groups is 1. The molecule has 3 amide bonds. The minimum atomic E-state index is -0.407. The Morgan fingerprint density at radius 3 is 2.50 bits per heavy atom. The van der Waals surface area contributed by atoms with E-state index in [0.29, 0.717) is 22.7 Å². The average molecular weight is 452 g/mol. The molecule has 32 heavy (non-hydrogen) atoms. The van der Waals surface area contributed by atoms with E-state index in [1.54, 1.807) is 18.2 Å².